The third kappa shape index (κ3) is 4.00. The van der Waals surface area contributed by atoms with E-state index in [0.29, 0.717) is 30.9 Å². The number of carboxylic acid groups (broad SMARTS) is 1. The van der Waals surface area contributed by atoms with Gasteiger partial charge >= 0.3 is 5.97 Å². The van der Waals surface area contributed by atoms with Crippen LogP contribution in [-0.2, 0) is 9.59 Å². The number of carbonyl (C=O) groups excluding carboxylic acids is 1. The molecule has 0 heterocycles. The van der Waals surface area contributed by atoms with E-state index >= 15 is 0 Å². The Balaban J connectivity index is 2.09. The van der Waals surface area contributed by atoms with Gasteiger partial charge in [0, 0.05) is 0 Å². The number of hydrogen-bond acceptors (Lipinski definition) is 3. The Morgan fingerprint density at radius 2 is 1.91 bits per heavy atom. The van der Waals surface area contributed by atoms with Crippen molar-refractivity contribution in [3.05, 3.63) is 24.3 Å². The molecule has 0 spiro atoms. The van der Waals surface area contributed by atoms with Crippen molar-refractivity contribution < 1.29 is 19.4 Å². The minimum absolute atomic E-state index is 0.223. The number of rotatable bonds is 6. The smallest absolute Gasteiger partial charge is 0.307 e. The molecule has 2 rings (SSSR count). The van der Waals surface area contributed by atoms with Gasteiger partial charge in [-0.25, -0.2) is 0 Å². The summed E-state index contributed by atoms with van der Waals surface area (Å²) in [4.78, 5) is 23.8. The Labute approximate surface area is 130 Å². The molecule has 0 aliphatic heterocycles. The lowest BCUT2D eigenvalue weighted by Gasteiger charge is -2.27. The van der Waals surface area contributed by atoms with Crippen LogP contribution in [0.5, 0.6) is 5.75 Å². The van der Waals surface area contributed by atoms with Gasteiger partial charge in [0.15, 0.2) is 0 Å². The second-order valence-electron chi connectivity index (χ2n) is 5.67. The molecule has 1 aromatic carbocycles. The number of amides is 1. The van der Waals surface area contributed by atoms with Crippen LogP contribution in [0.1, 0.15) is 39.0 Å². The van der Waals surface area contributed by atoms with E-state index in [0.717, 1.165) is 19.3 Å². The van der Waals surface area contributed by atoms with Gasteiger partial charge in [0.05, 0.1) is 24.1 Å². The molecule has 5 heteroatoms. The van der Waals surface area contributed by atoms with Gasteiger partial charge in [0.2, 0.25) is 5.91 Å². The third-order valence-corrected chi connectivity index (χ3v) is 4.03. The molecule has 1 fully saturated rings. The molecule has 0 radical (unpaired) electrons. The Hall–Kier alpha value is -2.04. The van der Waals surface area contributed by atoms with E-state index in [9.17, 15) is 14.7 Å². The highest BCUT2D eigenvalue weighted by molar-refractivity contribution is 5.96. The lowest BCUT2D eigenvalue weighted by molar-refractivity contribution is -0.147. The fourth-order valence-electron chi connectivity index (χ4n) is 2.87. The van der Waals surface area contributed by atoms with Gasteiger partial charge in [-0.1, -0.05) is 31.9 Å². The van der Waals surface area contributed by atoms with Gasteiger partial charge in [-0.2, -0.15) is 0 Å². The first-order valence-electron chi connectivity index (χ1n) is 7.89. The number of benzene rings is 1. The second kappa shape index (κ2) is 7.82. The third-order valence-electron chi connectivity index (χ3n) is 4.03. The Bertz CT molecular complexity index is 529. The predicted molar refractivity (Wildman–Crippen MR) is 83.9 cm³/mol. The van der Waals surface area contributed by atoms with Crippen molar-refractivity contribution in [1.82, 2.24) is 0 Å². The standard InChI is InChI=1S/C17H23NO4/c1-2-11-22-15-10-6-5-9-14(15)18-16(19)12-7-3-4-8-13(12)17(20)21/h5-6,9-10,12-13H,2-4,7-8,11H2,1H3,(H,18,19)(H,20,21). The van der Waals surface area contributed by atoms with E-state index in [4.69, 9.17) is 4.74 Å². The van der Waals surface area contributed by atoms with Crippen molar-refractivity contribution in [3.63, 3.8) is 0 Å². The summed E-state index contributed by atoms with van der Waals surface area (Å²) in [6, 6.07) is 7.26. The number of ether oxygens (including phenoxy) is 1. The summed E-state index contributed by atoms with van der Waals surface area (Å²) in [6.07, 6.45) is 3.85. The molecule has 5 nitrogen and oxygen atoms in total. The predicted octanol–water partition coefficient (Wildman–Crippen LogP) is 3.30. The zero-order chi connectivity index (χ0) is 15.9. The average molecular weight is 305 g/mol. The van der Waals surface area contributed by atoms with Crippen LogP contribution in [0.2, 0.25) is 0 Å². The molecule has 22 heavy (non-hydrogen) atoms. The maximum atomic E-state index is 12.5. The van der Waals surface area contributed by atoms with Gasteiger partial charge in [0.25, 0.3) is 0 Å². The largest absolute Gasteiger partial charge is 0.491 e. The van der Waals surface area contributed by atoms with Crippen molar-refractivity contribution in [3.8, 4) is 5.75 Å². The van der Waals surface area contributed by atoms with Crippen molar-refractivity contribution in [1.29, 1.82) is 0 Å². The molecule has 2 atom stereocenters. The lowest BCUT2D eigenvalue weighted by atomic mass is 9.78. The summed E-state index contributed by atoms with van der Waals surface area (Å²) in [7, 11) is 0. The molecule has 0 saturated heterocycles. The molecule has 1 saturated carbocycles. The van der Waals surface area contributed by atoms with Crippen LogP contribution in [0.4, 0.5) is 5.69 Å². The topological polar surface area (TPSA) is 75.6 Å². The maximum Gasteiger partial charge on any atom is 0.307 e. The van der Waals surface area contributed by atoms with Crippen LogP contribution in [-0.4, -0.2) is 23.6 Å². The van der Waals surface area contributed by atoms with Gasteiger partial charge in [-0.05, 0) is 31.4 Å². The highest BCUT2D eigenvalue weighted by atomic mass is 16.5. The zero-order valence-corrected chi connectivity index (χ0v) is 12.9. The molecule has 1 aromatic rings. The summed E-state index contributed by atoms with van der Waals surface area (Å²) in [5, 5.41) is 12.1. The molecular formula is C17H23NO4. The fraction of sp³-hybridized carbons (Fsp3) is 0.529. The van der Waals surface area contributed by atoms with Gasteiger partial charge in [-0.15, -0.1) is 0 Å². The van der Waals surface area contributed by atoms with E-state index in [2.05, 4.69) is 5.32 Å². The molecule has 120 valence electrons. The van der Waals surface area contributed by atoms with E-state index in [1.165, 1.54) is 0 Å². The van der Waals surface area contributed by atoms with Gasteiger partial charge < -0.3 is 15.2 Å². The Morgan fingerprint density at radius 1 is 1.23 bits per heavy atom. The summed E-state index contributed by atoms with van der Waals surface area (Å²) < 4.78 is 5.62. The fourth-order valence-corrected chi connectivity index (χ4v) is 2.87. The van der Waals surface area contributed by atoms with E-state index < -0.39 is 17.8 Å². The Kier molecular flexibility index (Phi) is 5.81. The van der Waals surface area contributed by atoms with Crippen molar-refractivity contribution in [2.24, 2.45) is 11.8 Å². The summed E-state index contributed by atoms with van der Waals surface area (Å²) in [6.45, 7) is 2.59. The van der Waals surface area contributed by atoms with Crippen LogP contribution >= 0.6 is 0 Å². The van der Waals surface area contributed by atoms with Gasteiger partial charge in [0.1, 0.15) is 5.75 Å². The molecule has 2 N–H and O–H groups in total. The number of anilines is 1. The average Bonchev–Trinajstić information content (AvgIpc) is 2.54. The highest BCUT2D eigenvalue weighted by Gasteiger charge is 2.35. The van der Waals surface area contributed by atoms with E-state index in [-0.39, 0.29) is 5.91 Å². The first-order valence-corrected chi connectivity index (χ1v) is 7.89. The lowest BCUT2D eigenvalue weighted by Crippen LogP contribution is -2.36. The first kappa shape index (κ1) is 16.3. The Morgan fingerprint density at radius 3 is 2.59 bits per heavy atom. The summed E-state index contributed by atoms with van der Waals surface area (Å²) in [5.41, 5.74) is 0.607. The number of carboxylic acids is 1. The van der Waals surface area contributed by atoms with Gasteiger partial charge in [-0.3, -0.25) is 9.59 Å². The monoisotopic (exact) mass is 305 g/mol. The normalized spacial score (nSPS) is 21.1. The number of para-hydroxylation sites is 2. The van der Waals surface area contributed by atoms with E-state index in [1.54, 1.807) is 12.1 Å². The molecule has 1 aliphatic carbocycles. The number of nitrogens with one attached hydrogen (secondary N) is 1. The highest BCUT2D eigenvalue weighted by Crippen LogP contribution is 2.32. The summed E-state index contributed by atoms with van der Waals surface area (Å²) >= 11 is 0. The van der Waals surface area contributed by atoms with Crippen molar-refractivity contribution in [2.75, 3.05) is 11.9 Å². The number of hydrogen-bond donors (Lipinski definition) is 2. The molecule has 1 aliphatic rings. The molecular weight excluding hydrogens is 282 g/mol. The van der Waals surface area contributed by atoms with Crippen LogP contribution in [0, 0.1) is 11.8 Å². The molecule has 2 unspecified atom stereocenters. The first-order chi connectivity index (χ1) is 10.6. The SMILES string of the molecule is CCCOc1ccccc1NC(=O)C1CCCCC1C(=O)O. The van der Waals surface area contributed by atoms with Crippen LogP contribution in [0.25, 0.3) is 0 Å². The van der Waals surface area contributed by atoms with Crippen molar-refractivity contribution in [2.45, 2.75) is 39.0 Å². The van der Waals surface area contributed by atoms with Crippen LogP contribution in [0.15, 0.2) is 24.3 Å². The minimum Gasteiger partial charge on any atom is -0.491 e. The quantitative estimate of drug-likeness (QED) is 0.845. The number of aliphatic carboxylic acids is 1. The van der Waals surface area contributed by atoms with Crippen LogP contribution in [0.3, 0.4) is 0 Å². The van der Waals surface area contributed by atoms with E-state index in [1.807, 2.05) is 19.1 Å². The minimum atomic E-state index is -0.879. The van der Waals surface area contributed by atoms with Crippen molar-refractivity contribution >= 4 is 17.6 Å². The summed E-state index contributed by atoms with van der Waals surface area (Å²) in [5.74, 6) is -1.53. The van der Waals surface area contributed by atoms with Crippen LogP contribution < -0.4 is 10.1 Å². The molecule has 1 amide bonds. The zero-order valence-electron chi connectivity index (χ0n) is 12.9. The maximum absolute atomic E-state index is 12.5. The molecule has 0 aromatic heterocycles. The second-order valence-corrected chi connectivity index (χ2v) is 5.67. The molecule has 0 bridgehead atoms. The number of carbonyl (C=O) groups is 2.